The highest BCUT2D eigenvalue weighted by Crippen LogP contribution is 2.51. The van der Waals surface area contributed by atoms with Gasteiger partial charge < -0.3 is 4.79 Å². The average Bonchev–Trinajstić information content (AvgIpc) is 2.38. The number of hydrogen-bond donors (Lipinski definition) is 0. The van der Waals surface area contributed by atoms with Crippen molar-refractivity contribution in [3.8, 4) is 0 Å². The Hall–Kier alpha value is -1.37. The van der Waals surface area contributed by atoms with E-state index in [1.54, 1.807) is 5.57 Å². The molecule has 2 aliphatic carbocycles. The molecule has 94 valence electrons. The average molecular weight is 240 g/mol. The topological polar surface area (TPSA) is 17.1 Å². The molecule has 3 rings (SSSR count). The number of hydrogen-bond acceptors (Lipinski definition) is 1. The third-order valence-corrected chi connectivity index (χ3v) is 4.68. The maximum atomic E-state index is 11.0. The number of carbonyl (C=O) groups is 1. The highest BCUT2D eigenvalue weighted by atomic mass is 16.1. The molecule has 18 heavy (non-hydrogen) atoms. The molecule has 1 aromatic rings. The first kappa shape index (κ1) is 11.7. The largest absolute Gasteiger partial charge is 0.303 e. The first-order chi connectivity index (χ1) is 8.74. The van der Waals surface area contributed by atoms with E-state index in [1.165, 1.54) is 42.4 Å². The second-order valence-corrected chi connectivity index (χ2v) is 5.92. The molecule has 1 unspecified atom stereocenters. The van der Waals surface area contributed by atoms with Crippen LogP contribution in [0.3, 0.4) is 0 Å². The van der Waals surface area contributed by atoms with Crippen LogP contribution in [0.4, 0.5) is 0 Å². The lowest BCUT2D eigenvalue weighted by Crippen LogP contribution is -2.26. The lowest BCUT2D eigenvalue weighted by atomic mass is 9.64. The summed E-state index contributed by atoms with van der Waals surface area (Å²) in [6, 6.07) is 8.75. The first-order valence-corrected chi connectivity index (χ1v) is 6.99. The summed E-state index contributed by atoms with van der Waals surface area (Å²) in [6.45, 7) is 2.28. The van der Waals surface area contributed by atoms with Gasteiger partial charge in [-0.1, -0.05) is 36.8 Å². The molecule has 0 aliphatic heterocycles. The van der Waals surface area contributed by atoms with E-state index in [4.69, 9.17) is 0 Å². The standard InChI is InChI=1S/C17H20O/c1-17(11-12-18)10-4-6-14-9-8-13-5-2-3-7-15(13)16(14)17/h2-3,5,7,12H,4,6,8-11H2,1H3. The van der Waals surface area contributed by atoms with Gasteiger partial charge in [-0.2, -0.15) is 0 Å². The van der Waals surface area contributed by atoms with Crippen LogP contribution in [0.5, 0.6) is 0 Å². The molecule has 0 bridgehead atoms. The molecular weight excluding hydrogens is 220 g/mol. The predicted molar refractivity (Wildman–Crippen MR) is 74.3 cm³/mol. The zero-order valence-electron chi connectivity index (χ0n) is 11.0. The van der Waals surface area contributed by atoms with Crippen molar-refractivity contribution in [1.29, 1.82) is 0 Å². The Bertz CT molecular complexity index is 512. The fourth-order valence-electron chi connectivity index (χ4n) is 3.79. The Morgan fingerprint density at radius 2 is 2.06 bits per heavy atom. The molecule has 0 radical (unpaired) electrons. The molecule has 1 heteroatoms. The van der Waals surface area contributed by atoms with Gasteiger partial charge in [0.05, 0.1) is 0 Å². The molecule has 0 heterocycles. The predicted octanol–water partition coefficient (Wildman–Crippen LogP) is 4.17. The zero-order valence-corrected chi connectivity index (χ0v) is 11.0. The van der Waals surface area contributed by atoms with Crippen molar-refractivity contribution in [3.63, 3.8) is 0 Å². The zero-order chi connectivity index (χ0) is 12.6. The lowest BCUT2D eigenvalue weighted by Gasteiger charge is -2.40. The second kappa shape index (κ2) is 4.38. The van der Waals surface area contributed by atoms with Crippen molar-refractivity contribution in [2.24, 2.45) is 5.41 Å². The van der Waals surface area contributed by atoms with Crippen molar-refractivity contribution < 1.29 is 4.79 Å². The van der Waals surface area contributed by atoms with Crippen LogP contribution < -0.4 is 0 Å². The van der Waals surface area contributed by atoms with Crippen molar-refractivity contribution in [1.82, 2.24) is 0 Å². The van der Waals surface area contributed by atoms with Gasteiger partial charge in [-0.15, -0.1) is 0 Å². The van der Waals surface area contributed by atoms with E-state index in [-0.39, 0.29) is 5.41 Å². The minimum atomic E-state index is 0.0753. The van der Waals surface area contributed by atoms with Gasteiger partial charge >= 0.3 is 0 Å². The van der Waals surface area contributed by atoms with E-state index in [2.05, 4.69) is 31.2 Å². The highest BCUT2D eigenvalue weighted by Gasteiger charge is 2.36. The lowest BCUT2D eigenvalue weighted by molar-refractivity contribution is -0.109. The summed E-state index contributed by atoms with van der Waals surface area (Å²) in [6.07, 6.45) is 7.77. The van der Waals surface area contributed by atoms with Crippen LogP contribution in [0.2, 0.25) is 0 Å². The molecule has 1 nitrogen and oxygen atoms in total. The van der Waals surface area contributed by atoms with Gasteiger partial charge in [-0.05, 0) is 54.2 Å². The highest BCUT2D eigenvalue weighted by molar-refractivity contribution is 5.79. The molecule has 2 aliphatic rings. The Labute approximate surface area is 109 Å². The Morgan fingerprint density at radius 1 is 1.22 bits per heavy atom. The fourth-order valence-corrected chi connectivity index (χ4v) is 3.79. The molecule has 0 fully saturated rings. The second-order valence-electron chi connectivity index (χ2n) is 5.92. The molecule has 0 N–H and O–H groups in total. The van der Waals surface area contributed by atoms with Crippen molar-refractivity contribution >= 4 is 11.9 Å². The summed E-state index contributed by atoms with van der Waals surface area (Å²) in [5, 5.41) is 0. The summed E-state index contributed by atoms with van der Waals surface area (Å²) in [4.78, 5) is 11.0. The van der Waals surface area contributed by atoms with Crippen LogP contribution in [0.25, 0.3) is 5.57 Å². The van der Waals surface area contributed by atoms with Gasteiger partial charge in [0.15, 0.2) is 0 Å². The third-order valence-electron chi connectivity index (χ3n) is 4.68. The Balaban J connectivity index is 2.16. The Morgan fingerprint density at radius 3 is 2.89 bits per heavy atom. The van der Waals surface area contributed by atoms with Crippen LogP contribution in [0.15, 0.2) is 29.8 Å². The van der Waals surface area contributed by atoms with Crippen LogP contribution in [0, 0.1) is 5.41 Å². The number of aldehydes is 1. The van der Waals surface area contributed by atoms with Crippen LogP contribution in [-0.4, -0.2) is 6.29 Å². The quantitative estimate of drug-likeness (QED) is 0.709. The van der Waals surface area contributed by atoms with Crippen LogP contribution in [0.1, 0.15) is 50.2 Å². The molecule has 0 aromatic heterocycles. The van der Waals surface area contributed by atoms with E-state index in [0.29, 0.717) is 6.42 Å². The minimum Gasteiger partial charge on any atom is -0.303 e. The molecule has 0 saturated carbocycles. The fraction of sp³-hybridized carbons (Fsp3) is 0.471. The minimum absolute atomic E-state index is 0.0753. The maximum Gasteiger partial charge on any atom is 0.120 e. The number of aryl methyl sites for hydroxylation is 1. The van der Waals surface area contributed by atoms with Crippen molar-refractivity contribution in [3.05, 3.63) is 41.0 Å². The molecule has 1 aromatic carbocycles. The van der Waals surface area contributed by atoms with Crippen LogP contribution in [-0.2, 0) is 11.2 Å². The van der Waals surface area contributed by atoms with E-state index in [9.17, 15) is 4.79 Å². The van der Waals surface area contributed by atoms with Crippen LogP contribution >= 0.6 is 0 Å². The normalized spacial score (nSPS) is 26.5. The monoisotopic (exact) mass is 240 g/mol. The summed E-state index contributed by atoms with van der Waals surface area (Å²) in [5.41, 5.74) is 6.08. The van der Waals surface area contributed by atoms with E-state index in [1.807, 2.05) is 0 Å². The smallest absolute Gasteiger partial charge is 0.120 e. The van der Waals surface area contributed by atoms with Gasteiger partial charge in [-0.3, -0.25) is 0 Å². The summed E-state index contributed by atoms with van der Waals surface area (Å²) in [5.74, 6) is 0. The molecule has 1 atom stereocenters. The summed E-state index contributed by atoms with van der Waals surface area (Å²) < 4.78 is 0. The van der Waals surface area contributed by atoms with Crippen molar-refractivity contribution in [2.45, 2.75) is 45.4 Å². The summed E-state index contributed by atoms with van der Waals surface area (Å²) >= 11 is 0. The number of allylic oxidation sites excluding steroid dienone is 2. The van der Waals surface area contributed by atoms with Gasteiger partial charge in [0.25, 0.3) is 0 Å². The van der Waals surface area contributed by atoms with E-state index < -0.39 is 0 Å². The number of carbonyl (C=O) groups excluding carboxylic acids is 1. The van der Waals surface area contributed by atoms with Gasteiger partial charge in [0.1, 0.15) is 6.29 Å². The molecule has 0 spiro atoms. The SMILES string of the molecule is CC1(CC=O)CCCC2=C1c1ccccc1CC2. The van der Waals surface area contributed by atoms with Gasteiger partial charge in [0, 0.05) is 6.42 Å². The molecule has 0 saturated heterocycles. The number of benzene rings is 1. The van der Waals surface area contributed by atoms with Gasteiger partial charge in [0.2, 0.25) is 0 Å². The number of rotatable bonds is 2. The van der Waals surface area contributed by atoms with E-state index in [0.717, 1.165) is 12.7 Å². The molecular formula is C17H20O. The maximum absolute atomic E-state index is 11.0. The third kappa shape index (κ3) is 1.73. The summed E-state index contributed by atoms with van der Waals surface area (Å²) in [7, 11) is 0. The Kier molecular flexibility index (Phi) is 2.85. The van der Waals surface area contributed by atoms with E-state index >= 15 is 0 Å². The first-order valence-electron chi connectivity index (χ1n) is 6.99. The molecule has 0 amide bonds. The van der Waals surface area contributed by atoms with Gasteiger partial charge in [-0.25, -0.2) is 0 Å². The number of fused-ring (bicyclic) bond motifs is 2. The van der Waals surface area contributed by atoms with Crippen molar-refractivity contribution in [2.75, 3.05) is 0 Å².